The summed E-state index contributed by atoms with van der Waals surface area (Å²) in [6.45, 7) is 0. The molecule has 0 spiro atoms. The van der Waals surface area contributed by atoms with Crippen LogP contribution in [0, 0.1) is 0 Å². The fourth-order valence-electron chi connectivity index (χ4n) is 1.27. The van der Waals surface area contributed by atoms with Crippen LogP contribution in [0.1, 0.15) is 0 Å². The van der Waals surface area contributed by atoms with E-state index in [0.29, 0.717) is 23.6 Å². The second-order valence-electron chi connectivity index (χ2n) is 4.99. The first kappa shape index (κ1) is 36.2. The summed E-state index contributed by atoms with van der Waals surface area (Å²) in [5, 5.41) is 16.9. The van der Waals surface area contributed by atoms with Crippen molar-refractivity contribution in [1.29, 1.82) is 0 Å². The first-order valence-electron chi connectivity index (χ1n) is 9.47. The SMILES string of the molecule is CN=COOCSCSCSCSCOC(=O)NCSCSCSCSC/N=C/OOCSCO. The number of ether oxygens (including phenoxy) is 1. The molecule has 0 radical (unpaired) electrons. The summed E-state index contributed by atoms with van der Waals surface area (Å²) in [6.07, 6.45) is 2.13. The van der Waals surface area contributed by atoms with E-state index in [1.54, 1.807) is 77.6 Å². The molecule has 0 aliphatic heterocycles. The van der Waals surface area contributed by atoms with E-state index in [2.05, 4.69) is 20.2 Å². The Morgan fingerprint density at radius 2 is 1.34 bits per heavy atom. The lowest BCUT2D eigenvalue weighted by Gasteiger charge is -2.07. The maximum atomic E-state index is 11.6. The number of alkyl carbamates (subject to hydrolysis) is 1. The number of carbonyl (C=O) groups excluding carboxylic acids is 1. The molecule has 0 unspecified atom stereocenters. The van der Waals surface area contributed by atoms with Crippen LogP contribution in [-0.4, -0.2) is 97.1 Å². The summed E-state index contributed by atoms with van der Waals surface area (Å²) in [4.78, 5) is 38.2. The summed E-state index contributed by atoms with van der Waals surface area (Å²) in [7, 11) is 1.61. The normalized spacial score (nSPS) is 11.4. The second kappa shape index (κ2) is 33.3. The van der Waals surface area contributed by atoms with Gasteiger partial charge in [0.1, 0.15) is 17.8 Å². The van der Waals surface area contributed by atoms with Crippen molar-refractivity contribution in [1.82, 2.24) is 5.32 Å². The van der Waals surface area contributed by atoms with E-state index in [0.717, 1.165) is 30.5 Å². The highest BCUT2D eigenvalue weighted by molar-refractivity contribution is 8.26. The fraction of sp³-hybridized carbons (Fsp3) is 0.812. The highest BCUT2D eigenvalue weighted by Gasteiger charge is 2.01. The van der Waals surface area contributed by atoms with Crippen LogP contribution in [0.3, 0.4) is 0 Å². The van der Waals surface area contributed by atoms with Gasteiger partial charge in [-0.3, -0.25) is 4.99 Å². The van der Waals surface area contributed by atoms with Gasteiger partial charge in [-0.25, -0.2) is 9.79 Å². The van der Waals surface area contributed by atoms with Gasteiger partial charge in [-0.15, -0.1) is 106 Å². The molecule has 0 rings (SSSR count). The van der Waals surface area contributed by atoms with Gasteiger partial charge >= 0.3 is 6.09 Å². The molecule has 0 saturated heterocycles. The Balaban J connectivity index is 3.19. The number of aliphatic hydroxyl groups excluding tert-OH is 1. The van der Waals surface area contributed by atoms with Gasteiger partial charge in [0.2, 0.25) is 12.8 Å². The van der Waals surface area contributed by atoms with Gasteiger partial charge in [-0.2, -0.15) is 9.78 Å². The molecule has 0 aromatic heterocycles. The van der Waals surface area contributed by atoms with Crippen LogP contribution in [0.2, 0.25) is 0 Å². The Morgan fingerprint density at radius 3 is 2.03 bits per heavy atom. The molecule has 0 aromatic rings. The summed E-state index contributed by atoms with van der Waals surface area (Å²) >= 11 is 15.0. The van der Waals surface area contributed by atoms with Gasteiger partial charge in [0.15, 0.2) is 0 Å². The summed E-state index contributed by atoms with van der Waals surface area (Å²) in [5.41, 5.74) is 0. The molecule has 0 bridgehead atoms. The van der Waals surface area contributed by atoms with Crippen molar-refractivity contribution in [3.63, 3.8) is 0 Å². The molecule has 1 amide bonds. The number of aliphatic hydroxyl groups is 1. The molecule has 0 aliphatic carbocycles. The molecule has 0 heterocycles. The Hall–Kier alpha value is 1.24. The van der Waals surface area contributed by atoms with Crippen LogP contribution in [-0.2, 0) is 24.3 Å². The van der Waals surface area contributed by atoms with E-state index < -0.39 is 0 Å². The Labute approximate surface area is 245 Å². The predicted octanol–water partition coefficient (Wildman–Crippen LogP) is 5.38. The number of carbonyl (C=O) groups is 1. The summed E-state index contributed by atoms with van der Waals surface area (Å²) in [5.74, 6) is 2.21. The number of aliphatic imine (C=N–C) groups is 2. The lowest BCUT2D eigenvalue weighted by molar-refractivity contribution is -0.196. The van der Waals surface area contributed by atoms with Crippen LogP contribution < -0.4 is 5.32 Å². The van der Waals surface area contributed by atoms with Gasteiger partial charge in [0, 0.05) is 37.6 Å². The largest absolute Gasteiger partial charge is 0.438 e. The van der Waals surface area contributed by atoms with Crippen molar-refractivity contribution in [2.45, 2.75) is 0 Å². The average Bonchev–Trinajstić information content (AvgIpc) is 2.86. The molecular weight excluding hydrogens is 635 g/mol. The Bertz CT molecular complexity index is 517. The first-order chi connectivity index (χ1) is 17.3. The second-order valence-corrected chi connectivity index (χ2v) is 15.8. The maximum absolute atomic E-state index is 11.6. The van der Waals surface area contributed by atoms with Crippen molar-refractivity contribution in [2.75, 3.05) is 73.1 Å². The molecule has 0 aliphatic rings. The van der Waals surface area contributed by atoms with Crippen molar-refractivity contribution in [3.05, 3.63) is 0 Å². The number of thioether (sulfide) groups is 9. The highest BCUT2D eigenvalue weighted by Crippen LogP contribution is 2.22. The Morgan fingerprint density at radius 1 is 0.771 bits per heavy atom. The first-order valence-corrected chi connectivity index (χ1v) is 19.9. The minimum atomic E-state index is -0.381. The van der Waals surface area contributed by atoms with Crippen molar-refractivity contribution < 1.29 is 34.2 Å². The molecule has 19 heteroatoms. The molecule has 35 heavy (non-hydrogen) atoms. The standard InChI is InChI=1S/C16H31N3O7S9/c1-17-2-23-26-9-31-13-35-15-34-12-30-7-22-16(21)19-5-28-11-33-14-32-10-27-4-18-3-24-25-8-29-6-20/h2-3,20H,4-15H2,1H3,(H,19,21)/b17-2?,18-3+. The molecule has 0 fully saturated rings. The highest BCUT2D eigenvalue weighted by atomic mass is 32.3. The minimum absolute atomic E-state index is 0.00233. The number of hydrogen-bond acceptors (Lipinski definition) is 18. The zero-order valence-corrected chi connectivity index (χ0v) is 26.5. The number of hydrogen-bond donors (Lipinski definition) is 2. The van der Waals surface area contributed by atoms with Crippen molar-refractivity contribution in [2.24, 2.45) is 9.98 Å². The van der Waals surface area contributed by atoms with E-state index in [4.69, 9.17) is 24.5 Å². The third kappa shape index (κ3) is 33.2. The lowest BCUT2D eigenvalue weighted by atomic mass is 11.1. The third-order valence-electron chi connectivity index (χ3n) is 2.51. The zero-order valence-electron chi connectivity index (χ0n) is 19.1. The van der Waals surface area contributed by atoms with E-state index >= 15 is 0 Å². The molecular formula is C16H31N3O7S9. The van der Waals surface area contributed by atoms with Crippen LogP contribution >= 0.6 is 106 Å². The van der Waals surface area contributed by atoms with Crippen LogP contribution in [0.15, 0.2) is 9.98 Å². The number of rotatable bonds is 27. The van der Waals surface area contributed by atoms with E-state index in [1.807, 2.05) is 23.5 Å². The van der Waals surface area contributed by atoms with Crippen LogP contribution in [0.4, 0.5) is 4.79 Å². The van der Waals surface area contributed by atoms with Gasteiger partial charge in [0.25, 0.3) is 0 Å². The minimum Gasteiger partial charge on any atom is -0.438 e. The third-order valence-corrected chi connectivity index (χ3v) is 12.2. The average molecular weight is 666 g/mol. The molecule has 10 nitrogen and oxygen atoms in total. The van der Waals surface area contributed by atoms with Crippen molar-refractivity contribution >= 4 is 125 Å². The molecule has 0 aromatic carbocycles. The van der Waals surface area contributed by atoms with Gasteiger partial charge in [-0.1, -0.05) is 0 Å². The quantitative estimate of drug-likeness (QED) is 0.0292. The number of nitrogens with one attached hydrogen (secondary N) is 1. The van der Waals surface area contributed by atoms with Gasteiger partial charge in [-0.05, 0) is 0 Å². The number of amides is 1. The molecule has 0 saturated carbocycles. The van der Waals surface area contributed by atoms with Crippen LogP contribution in [0.25, 0.3) is 0 Å². The predicted molar refractivity (Wildman–Crippen MR) is 166 cm³/mol. The fourth-order valence-corrected chi connectivity index (χ4v) is 9.71. The summed E-state index contributed by atoms with van der Waals surface area (Å²) in [6, 6.07) is 0. The van der Waals surface area contributed by atoms with Crippen molar-refractivity contribution in [3.8, 4) is 0 Å². The van der Waals surface area contributed by atoms with Gasteiger partial charge < -0.3 is 24.9 Å². The van der Waals surface area contributed by atoms with E-state index in [-0.39, 0.29) is 18.0 Å². The topological polar surface area (TPSA) is 120 Å². The lowest BCUT2D eigenvalue weighted by Crippen LogP contribution is -2.23. The summed E-state index contributed by atoms with van der Waals surface area (Å²) < 4.78 is 5.14. The molecule has 0 atom stereocenters. The monoisotopic (exact) mass is 665 g/mol. The molecule has 206 valence electrons. The Kier molecular flexibility index (Phi) is 34.4. The molecule has 2 N–H and O–H groups in total. The van der Waals surface area contributed by atoms with Crippen LogP contribution in [0.5, 0.6) is 0 Å². The zero-order chi connectivity index (χ0) is 25.5. The van der Waals surface area contributed by atoms with Gasteiger partial charge in [0.05, 0.1) is 17.7 Å². The maximum Gasteiger partial charge on any atom is 0.408 e. The smallest absolute Gasteiger partial charge is 0.408 e. The number of nitrogens with zero attached hydrogens (tertiary/aromatic N) is 2. The van der Waals surface area contributed by atoms with E-state index in [1.165, 1.54) is 24.6 Å². The van der Waals surface area contributed by atoms with E-state index in [9.17, 15) is 4.79 Å².